The fraction of sp³-hybridized carbons (Fsp3) is 0.696. The van der Waals surface area contributed by atoms with Gasteiger partial charge in [0.25, 0.3) is 5.91 Å². The van der Waals surface area contributed by atoms with Crippen LogP contribution in [-0.2, 0) is 9.53 Å². The summed E-state index contributed by atoms with van der Waals surface area (Å²) < 4.78 is 5.57. The van der Waals surface area contributed by atoms with Crippen LogP contribution in [0.4, 0.5) is 0 Å². The minimum absolute atomic E-state index is 0.115. The van der Waals surface area contributed by atoms with Crippen molar-refractivity contribution in [3.8, 4) is 0 Å². The number of hydrogen-bond donors (Lipinski definition) is 1. The normalized spacial score (nSPS) is 21.1. The van der Waals surface area contributed by atoms with Crippen LogP contribution in [0.5, 0.6) is 0 Å². The Kier molecular flexibility index (Phi) is 7.00. The number of aromatic nitrogens is 1. The Labute approximate surface area is 179 Å². The van der Waals surface area contributed by atoms with Crippen molar-refractivity contribution in [3.05, 3.63) is 29.6 Å². The Balaban J connectivity index is 1.32. The van der Waals surface area contributed by atoms with Crippen LogP contribution in [0.3, 0.4) is 0 Å². The molecule has 2 amide bonds. The van der Waals surface area contributed by atoms with Gasteiger partial charge in [0.15, 0.2) is 0 Å². The summed E-state index contributed by atoms with van der Waals surface area (Å²) in [5.74, 6) is 0.554. The molecule has 0 atom stereocenters. The molecule has 0 aromatic carbocycles. The van der Waals surface area contributed by atoms with E-state index in [1.54, 1.807) is 6.07 Å². The Morgan fingerprint density at radius 3 is 2.47 bits per heavy atom. The lowest BCUT2D eigenvalue weighted by atomic mass is 9.97. The van der Waals surface area contributed by atoms with Gasteiger partial charge in [-0.15, -0.1) is 0 Å². The van der Waals surface area contributed by atoms with Crippen LogP contribution in [-0.4, -0.2) is 78.1 Å². The molecule has 164 valence electrons. The van der Waals surface area contributed by atoms with E-state index in [1.807, 2.05) is 19.1 Å². The number of piperidine rings is 1. The predicted octanol–water partition coefficient (Wildman–Crippen LogP) is 2.00. The van der Waals surface area contributed by atoms with E-state index in [9.17, 15) is 9.59 Å². The zero-order valence-corrected chi connectivity index (χ0v) is 18.0. The number of amides is 2. The first-order valence-corrected chi connectivity index (χ1v) is 11.5. The third-order valence-electron chi connectivity index (χ3n) is 6.61. The van der Waals surface area contributed by atoms with E-state index in [-0.39, 0.29) is 5.91 Å². The van der Waals surface area contributed by atoms with Gasteiger partial charge in [-0.05, 0) is 57.6 Å². The van der Waals surface area contributed by atoms with Crippen molar-refractivity contribution in [1.29, 1.82) is 0 Å². The zero-order valence-electron chi connectivity index (χ0n) is 18.0. The summed E-state index contributed by atoms with van der Waals surface area (Å²) in [6.45, 7) is 6.65. The van der Waals surface area contributed by atoms with Crippen LogP contribution < -0.4 is 5.32 Å². The highest BCUT2D eigenvalue weighted by molar-refractivity contribution is 5.92. The zero-order chi connectivity index (χ0) is 20.9. The van der Waals surface area contributed by atoms with E-state index < -0.39 is 0 Å². The van der Waals surface area contributed by atoms with Gasteiger partial charge in [-0.3, -0.25) is 14.5 Å². The molecule has 0 spiro atoms. The fourth-order valence-corrected chi connectivity index (χ4v) is 4.75. The summed E-state index contributed by atoms with van der Waals surface area (Å²) in [6, 6.07) is 6.46. The molecule has 1 aromatic rings. The molecule has 1 aliphatic carbocycles. The van der Waals surface area contributed by atoms with E-state index in [1.165, 1.54) is 0 Å². The number of pyridine rings is 1. The topological polar surface area (TPSA) is 74.8 Å². The summed E-state index contributed by atoms with van der Waals surface area (Å²) in [6.07, 6.45) is 6.25. The first-order valence-electron chi connectivity index (χ1n) is 11.5. The SMILES string of the molecule is Cc1cccc(C(=O)NCCN(C2CCOCC2)C2CCN(C(=O)C3CC3)CC2)n1. The van der Waals surface area contributed by atoms with Crippen molar-refractivity contribution in [2.45, 2.75) is 57.5 Å². The van der Waals surface area contributed by atoms with Gasteiger partial charge < -0.3 is 15.0 Å². The van der Waals surface area contributed by atoms with Gasteiger partial charge in [0, 0.05) is 63.1 Å². The van der Waals surface area contributed by atoms with Crippen LogP contribution in [0, 0.1) is 12.8 Å². The number of ether oxygens (including phenoxy) is 1. The molecule has 3 fully saturated rings. The third-order valence-corrected chi connectivity index (χ3v) is 6.61. The second-order valence-corrected chi connectivity index (χ2v) is 8.83. The van der Waals surface area contributed by atoms with Crippen LogP contribution in [0.2, 0.25) is 0 Å². The molecular weight excluding hydrogens is 380 g/mol. The van der Waals surface area contributed by atoms with Crippen molar-refractivity contribution >= 4 is 11.8 Å². The molecule has 4 rings (SSSR count). The number of nitrogens with one attached hydrogen (secondary N) is 1. The van der Waals surface area contributed by atoms with E-state index in [4.69, 9.17) is 4.74 Å². The van der Waals surface area contributed by atoms with Gasteiger partial charge in [0.1, 0.15) is 5.69 Å². The van der Waals surface area contributed by atoms with E-state index in [0.717, 1.165) is 77.1 Å². The average molecular weight is 415 g/mol. The number of aryl methyl sites for hydroxylation is 1. The molecule has 0 bridgehead atoms. The van der Waals surface area contributed by atoms with Crippen LogP contribution in [0.25, 0.3) is 0 Å². The summed E-state index contributed by atoms with van der Waals surface area (Å²) in [7, 11) is 0. The van der Waals surface area contributed by atoms with Gasteiger partial charge in [0.05, 0.1) is 0 Å². The number of hydrogen-bond acceptors (Lipinski definition) is 5. The van der Waals surface area contributed by atoms with Crippen LogP contribution in [0.1, 0.15) is 54.7 Å². The molecule has 1 N–H and O–H groups in total. The van der Waals surface area contributed by atoms with Crippen molar-refractivity contribution < 1.29 is 14.3 Å². The molecule has 0 radical (unpaired) electrons. The Morgan fingerprint density at radius 1 is 1.10 bits per heavy atom. The third kappa shape index (κ3) is 5.38. The Bertz CT molecular complexity index is 738. The standard InChI is InChI=1S/C23H34N4O3/c1-17-3-2-4-21(25-17)22(28)24-11-14-27(20-9-15-30-16-10-20)19-7-12-26(13-8-19)23(29)18-5-6-18/h2-4,18-20H,5-16H2,1H3,(H,24,28). The minimum atomic E-state index is -0.115. The van der Waals surface area contributed by atoms with Crippen molar-refractivity contribution in [2.24, 2.45) is 5.92 Å². The Morgan fingerprint density at radius 2 is 1.80 bits per heavy atom. The molecular formula is C23H34N4O3. The van der Waals surface area contributed by atoms with E-state index in [2.05, 4.69) is 20.1 Å². The highest BCUT2D eigenvalue weighted by atomic mass is 16.5. The number of rotatable bonds is 7. The van der Waals surface area contributed by atoms with Crippen molar-refractivity contribution in [2.75, 3.05) is 39.4 Å². The lowest BCUT2D eigenvalue weighted by Crippen LogP contribution is -2.53. The van der Waals surface area contributed by atoms with Gasteiger partial charge in [0.2, 0.25) is 5.91 Å². The lowest BCUT2D eigenvalue weighted by molar-refractivity contribution is -0.134. The molecule has 0 unspecified atom stereocenters. The first-order chi connectivity index (χ1) is 14.6. The Hall–Kier alpha value is -1.99. The minimum Gasteiger partial charge on any atom is -0.381 e. The smallest absolute Gasteiger partial charge is 0.269 e. The molecule has 3 heterocycles. The molecule has 30 heavy (non-hydrogen) atoms. The molecule has 7 heteroatoms. The molecule has 1 saturated carbocycles. The highest BCUT2D eigenvalue weighted by Crippen LogP contribution is 2.32. The average Bonchev–Trinajstić information content (AvgIpc) is 3.62. The van der Waals surface area contributed by atoms with Crippen LogP contribution in [0.15, 0.2) is 18.2 Å². The van der Waals surface area contributed by atoms with Gasteiger partial charge >= 0.3 is 0 Å². The number of likely N-dealkylation sites (tertiary alicyclic amines) is 1. The maximum Gasteiger partial charge on any atom is 0.269 e. The summed E-state index contributed by atoms with van der Waals surface area (Å²) in [5, 5.41) is 3.05. The lowest BCUT2D eigenvalue weighted by Gasteiger charge is -2.43. The second-order valence-electron chi connectivity index (χ2n) is 8.83. The van der Waals surface area contributed by atoms with Gasteiger partial charge in [-0.25, -0.2) is 4.98 Å². The molecule has 2 aliphatic heterocycles. The number of carbonyl (C=O) groups excluding carboxylic acids is 2. The largest absolute Gasteiger partial charge is 0.381 e. The molecule has 2 saturated heterocycles. The quantitative estimate of drug-likeness (QED) is 0.739. The van der Waals surface area contributed by atoms with E-state index >= 15 is 0 Å². The first kappa shape index (κ1) is 21.2. The van der Waals surface area contributed by atoms with Crippen molar-refractivity contribution in [1.82, 2.24) is 20.1 Å². The number of nitrogens with zero attached hydrogens (tertiary/aromatic N) is 3. The van der Waals surface area contributed by atoms with E-state index in [0.29, 0.717) is 36.1 Å². The summed E-state index contributed by atoms with van der Waals surface area (Å²) >= 11 is 0. The fourth-order valence-electron chi connectivity index (χ4n) is 4.75. The molecule has 3 aliphatic rings. The molecule has 1 aromatic heterocycles. The van der Waals surface area contributed by atoms with Gasteiger partial charge in [-0.2, -0.15) is 0 Å². The summed E-state index contributed by atoms with van der Waals surface area (Å²) in [5.41, 5.74) is 1.32. The van der Waals surface area contributed by atoms with Crippen LogP contribution >= 0.6 is 0 Å². The maximum absolute atomic E-state index is 12.5. The van der Waals surface area contributed by atoms with Crippen molar-refractivity contribution in [3.63, 3.8) is 0 Å². The second kappa shape index (κ2) is 9.88. The number of carbonyl (C=O) groups is 2. The molecule has 7 nitrogen and oxygen atoms in total. The highest BCUT2D eigenvalue weighted by Gasteiger charge is 2.37. The monoisotopic (exact) mass is 414 g/mol. The maximum atomic E-state index is 12.5. The van der Waals surface area contributed by atoms with Gasteiger partial charge in [-0.1, -0.05) is 6.07 Å². The predicted molar refractivity (Wildman–Crippen MR) is 114 cm³/mol. The summed E-state index contributed by atoms with van der Waals surface area (Å²) in [4.78, 5) is 33.8.